The topological polar surface area (TPSA) is 75.2 Å². The third-order valence-electron chi connectivity index (χ3n) is 6.01. The minimum Gasteiger partial charge on any atom is -0.508 e. The van der Waals surface area contributed by atoms with Crippen molar-refractivity contribution in [1.29, 1.82) is 0 Å². The zero-order valence-electron chi connectivity index (χ0n) is 16.2. The molecule has 0 radical (unpaired) electrons. The summed E-state index contributed by atoms with van der Waals surface area (Å²) in [5.74, 6) is 1.26. The first-order valence-electron chi connectivity index (χ1n) is 9.33. The van der Waals surface area contributed by atoms with Gasteiger partial charge in [-0.1, -0.05) is 44.5 Å². The van der Waals surface area contributed by atoms with E-state index in [0.717, 1.165) is 38.9 Å². The van der Waals surface area contributed by atoms with Crippen LogP contribution in [0.4, 0.5) is 0 Å². The summed E-state index contributed by atoms with van der Waals surface area (Å²) in [5.41, 5.74) is 2.66. The maximum absolute atomic E-state index is 9.95. The summed E-state index contributed by atoms with van der Waals surface area (Å²) in [5, 5.41) is 19.4. The van der Waals surface area contributed by atoms with Crippen LogP contribution in [-0.2, 0) is 11.8 Å². The van der Waals surface area contributed by atoms with E-state index in [-0.39, 0.29) is 23.3 Å². The van der Waals surface area contributed by atoms with Crippen molar-refractivity contribution in [3.8, 4) is 11.5 Å². The van der Waals surface area contributed by atoms with Crippen molar-refractivity contribution < 1.29 is 15.7 Å². The maximum atomic E-state index is 9.95. The Morgan fingerprint density at radius 3 is 2.41 bits per heavy atom. The molecule has 4 N–H and O–H groups in total. The average Bonchev–Trinajstić information content (AvgIpc) is 3.06. The Morgan fingerprint density at radius 1 is 1.07 bits per heavy atom. The van der Waals surface area contributed by atoms with Gasteiger partial charge in [0.15, 0.2) is 0 Å². The van der Waals surface area contributed by atoms with Crippen LogP contribution in [0.5, 0.6) is 11.5 Å². The Kier molecular flexibility index (Phi) is 8.60. The van der Waals surface area contributed by atoms with Crippen LogP contribution in [0, 0.1) is 5.92 Å². The lowest BCUT2D eigenvalue weighted by atomic mass is 9.69. The van der Waals surface area contributed by atoms with E-state index in [1.807, 2.05) is 24.3 Å². The second kappa shape index (κ2) is 9.98. The van der Waals surface area contributed by atoms with E-state index in [9.17, 15) is 10.2 Å². The molecule has 2 atom stereocenters. The van der Waals surface area contributed by atoms with Gasteiger partial charge in [-0.2, -0.15) is 0 Å². The van der Waals surface area contributed by atoms with Crippen molar-refractivity contribution in [1.82, 2.24) is 4.90 Å². The van der Waals surface area contributed by atoms with Gasteiger partial charge in [-0.05, 0) is 60.7 Å². The van der Waals surface area contributed by atoms with Crippen LogP contribution in [0.1, 0.15) is 37.8 Å². The monoisotopic (exact) mass is 393 g/mol. The molecule has 1 heterocycles. The fourth-order valence-electron chi connectivity index (χ4n) is 4.18. The first-order valence-corrected chi connectivity index (χ1v) is 9.33. The Bertz CT molecular complexity index is 707. The summed E-state index contributed by atoms with van der Waals surface area (Å²) in [7, 11) is 0. The van der Waals surface area contributed by atoms with Crippen molar-refractivity contribution in [3.05, 3.63) is 59.7 Å². The standard InChI is InChI=1S/C22H29NO2.ClH.H2O/c1-3-17(2)22(19-5-4-6-21(25)15-19)12-14-23(16-22)13-11-18-7-9-20(24)10-8-18;;/h4-10,15,17,24-25H,3,11-14,16H2,1-2H3;1H;1H2. The van der Waals surface area contributed by atoms with Gasteiger partial charge in [0.05, 0.1) is 0 Å². The molecule has 1 fully saturated rings. The minimum atomic E-state index is 0. The van der Waals surface area contributed by atoms with E-state index in [1.54, 1.807) is 18.2 Å². The third kappa shape index (κ3) is 5.16. The van der Waals surface area contributed by atoms with Crippen molar-refractivity contribution >= 4 is 12.4 Å². The van der Waals surface area contributed by atoms with E-state index < -0.39 is 0 Å². The predicted octanol–water partition coefficient (Wildman–Crippen LogP) is 3.93. The highest BCUT2D eigenvalue weighted by Gasteiger charge is 2.43. The molecule has 0 aliphatic carbocycles. The highest BCUT2D eigenvalue weighted by molar-refractivity contribution is 5.85. The zero-order valence-corrected chi connectivity index (χ0v) is 17.0. The molecule has 3 rings (SSSR count). The molecule has 2 aromatic carbocycles. The maximum Gasteiger partial charge on any atom is 0.115 e. The first-order chi connectivity index (χ1) is 12.0. The lowest BCUT2D eigenvalue weighted by Gasteiger charge is -2.36. The van der Waals surface area contributed by atoms with Crippen LogP contribution >= 0.6 is 12.4 Å². The molecular formula is C22H32ClNO3. The summed E-state index contributed by atoms with van der Waals surface area (Å²) < 4.78 is 0. The zero-order chi connectivity index (χ0) is 17.9. The number of hydrogen-bond acceptors (Lipinski definition) is 3. The molecule has 0 spiro atoms. The second-order valence-electron chi connectivity index (χ2n) is 7.46. The molecule has 0 saturated carbocycles. The summed E-state index contributed by atoms with van der Waals surface area (Å²) in [6.07, 6.45) is 3.28. The summed E-state index contributed by atoms with van der Waals surface area (Å²) in [6.45, 7) is 7.77. The molecule has 27 heavy (non-hydrogen) atoms. The molecule has 0 amide bonds. The number of phenolic OH excluding ortho intramolecular Hbond substituents is 2. The van der Waals surface area contributed by atoms with E-state index in [0.29, 0.717) is 17.4 Å². The molecule has 1 saturated heterocycles. The SMILES string of the molecule is CCC(C)C1(c2cccc(O)c2)CCN(CCc2ccc(O)cc2)C1.Cl.O. The molecule has 0 bridgehead atoms. The smallest absolute Gasteiger partial charge is 0.115 e. The van der Waals surface area contributed by atoms with Crippen LogP contribution in [-0.4, -0.2) is 40.2 Å². The van der Waals surface area contributed by atoms with Crippen molar-refractivity contribution in [3.63, 3.8) is 0 Å². The first kappa shape index (κ1) is 23.3. The number of benzene rings is 2. The summed E-state index contributed by atoms with van der Waals surface area (Å²) >= 11 is 0. The number of halogens is 1. The normalized spacial score (nSPS) is 20.5. The van der Waals surface area contributed by atoms with Crippen LogP contribution < -0.4 is 0 Å². The van der Waals surface area contributed by atoms with Crippen LogP contribution in [0.3, 0.4) is 0 Å². The van der Waals surface area contributed by atoms with Crippen LogP contribution in [0.25, 0.3) is 0 Å². The fourth-order valence-corrected chi connectivity index (χ4v) is 4.18. The number of hydrogen-bond donors (Lipinski definition) is 2. The number of nitrogens with zero attached hydrogens (tertiary/aromatic N) is 1. The lowest BCUT2D eigenvalue weighted by Crippen LogP contribution is -2.37. The Hall–Kier alpha value is -1.75. The van der Waals surface area contributed by atoms with E-state index in [1.165, 1.54) is 11.1 Å². The molecule has 2 aromatic rings. The van der Waals surface area contributed by atoms with Gasteiger partial charge >= 0.3 is 0 Å². The van der Waals surface area contributed by atoms with Gasteiger partial charge < -0.3 is 20.6 Å². The van der Waals surface area contributed by atoms with Crippen molar-refractivity contribution in [2.75, 3.05) is 19.6 Å². The van der Waals surface area contributed by atoms with Gasteiger partial charge in [0.25, 0.3) is 0 Å². The predicted molar refractivity (Wildman–Crippen MR) is 113 cm³/mol. The van der Waals surface area contributed by atoms with Crippen LogP contribution in [0.15, 0.2) is 48.5 Å². The van der Waals surface area contributed by atoms with E-state index in [4.69, 9.17) is 0 Å². The van der Waals surface area contributed by atoms with Crippen molar-refractivity contribution in [2.45, 2.75) is 38.5 Å². The molecule has 2 unspecified atom stereocenters. The Morgan fingerprint density at radius 2 is 1.78 bits per heavy atom. The second-order valence-corrected chi connectivity index (χ2v) is 7.46. The van der Waals surface area contributed by atoms with Gasteiger partial charge in [-0.3, -0.25) is 0 Å². The van der Waals surface area contributed by atoms with Crippen molar-refractivity contribution in [2.24, 2.45) is 5.92 Å². The lowest BCUT2D eigenvalue weighted by molar-refractivity contribution is 0.254. The molecular weight excluding hydrogens is 362 g/mol. The van der Waals surface area contributed by atoms with E-state index >= 15 is 0 Å². The average molecular weight is 394 g/mol. The third-order valence-corrected chi connectivity index (χ3v) is 6.01. The van der Waals surface area contributed by atoms with Gasteiger partial charge in [0.1, 0.15) is 11.5 Å². The Balaban J connectivity index is 0.00000182. The van der Waals surface area contributed by atoms with Gasteiger partial charge in [-0.15, -0.1) is 12.4 Å². The van der Waals surface area contributed by atoms with Gasteiger partial charge in [-0.25, -0.2) is 0 Å². The number of phenols is 2. The number of aromatic hydroxyl groups is 2. The highest BCUT2D eigenvalue weighted by Crippen LogP contribution is 2.43. The molecule has 0 aromatic heterocycles. The van der Waals surface area contributed by atoms with Gasteiger partial charge in [0, 0.05) is 18.5 Å². The molecule has 4 nitrogen and oxygen atoms in total. The van der Waals surface area contributed by atoms with Crippen LogP contribution in [0.2, 0.25) is 0 Å². The quantitative estimate of drug-likeness (QED) is 0.780. The minimum absolute atomic E-state index is 0. The summed E-state index contributed by atoms with van der Waals surface area (Å²) in [4.78, 5) is 2.54. The number of likely N-dealkylation sites (tertiary alicyclic amines) is 1. The molecule has 150 valence electrons. The van der Waals surface area contributed by atoms with E-state index in [2.05, 4.69) is 24.8 Å². The Labute approximate surface area is 168 Å². The largest absolute Gasteiger partial charge is 0.508 e. The fraction of sp³-hybridized carbons (Fsp3) is 0.455. The number of rotatable bonds is 6. The molecule has 5 heteroatoms. The molecule has 1 aliphatic rings. The highest BCUT2D eigenvalue weighted by atomic mass is 35.5. The summed E-state index contributed by atoms with van der Waals surface area (Å²) in [6, 6.07) is 15.4. The molecule has 1 aliphatic heterocycles. The van der Waals surface area contributed by atoms with Gasteiger partial charge in [0.2, 0.25) is 0 Å².